The molecular weight excluding hydrogens is 298 g/mol. The molecule has 0 unspecified atom stereocenters. The van der Waals surface area contributed by atoms with Crippen LogP contribution in [0.15, 0.2) is 36.8 Å². The van der Waals surface area contributed by atoms with Crippen LogP contribution in [0.2, 0.25) is 0 Å². The first-order valence-electron chi connectivity index (χ1n) is 7.08. The number of carboxylic acids is 1. The zero-order chi connectivity index (χ0) is 16.2. The summed E-state index contributed by atoms with van der Waals surface area (Å²) in [7, 11) is 0. The Labute approximate surface area is 131 Å². The number of hydrogen-bond acceptors (Lipinski definition) is 6. The molecule has 3 rings (SSSR count). The number of nitrogens with one attached hydrogen (secondary N) is 1. The Morgan fingerprint density at radius 1 is 1.30 bits per heavy atom. The lowest BCUT2D eigenvalue weighted by atomic mass is 10.2. The minimum Gasteiger partial charge on any atom is -0.478 e. The van der Waals surface area contributed by atoms with Crippen LogP contribution in [0.5, 0.6) is 0 Å². The number of nitrogens with zero attached hydrogens (tertiary/aromatic N) is 4. The molecule has 0 spiro atoms. The fourth-order valence-corrected chi connectivity index (χ4v) is 2.23. The van der Waals surface area contributed by atoms with Gasteiger partial charge in [-0.2, -0.15) is 5.10 Å². The zero-order valence-electron chi connectivity index (χ0n) is 12.2. The normalized spacial score (nSPS) is 10.8. The number of carbonyl (C=O) groups is 1. The molecule has 2 aromatic heterocycles. The molecule has 0 bridgehead atoms. The summed E-state index contributed by atoms with van der Waals surface area (Å²) in [6.45, 7) is 0.685. The van der Waals surface area contributed by atoms with Crippen molar-refractivity contribution in [3.8, 4) is 5.69 Å². The second kappa shape index (κ2) is 6.41. The Morgan fingerprint density at radius 2 is 2.17 bits per heavy atom. The maximum Gasteiger partial charge on any atom is 0.335 e. The number of fused-ring (bicyclic) bond motifs is 1. The smallest absolute Gasteiger partial charge is 0.335 e. The molecule has 0 fully saturated rings. The number of aliphatic hydroxyl groups excluding tert-OH is 1. The van der Waals surface area contributed by atoms with Gasteiger partial charge in [-0.25, -0.2) is 19.4 Å². The van der Waals surface area contributed by atoms with Crippen molar-refractivity contribution in [2.75, 3.05) is 18.5 Å². The Hall–Kier alpha value is -3.00. The first-order chi connectivity index (χ1) is 11.2. The summed E-state index contributed by atoms with van der Waals surface area (Å²) in [4.78, 5) is 19.5. The van der Waals surface area contributed by atoms with Gasteiger partial charge in [0.25, 0.3) is 0 Å². The van der Waals surface area contributed by atoms with E-state index >= 15 is 0 Å². The third-order valence-corrected chi connectivity index (χ3v) is 3.33. The van der Waals surface area contributed by atoms with Gasteiger partial charge >= 0.3 is 5.97 Å². The van der Waals surface area contributed by atoms with Gasteiger partial charge in [0.1, 0.15) is 12.1 Å². The summed E-state index contributed by atoms with van der Waals surface area (Å²) in [5, 5.41) is 26.1. The molecule has 118 valence electrons. The minimum atomic E-state index is -0.996. The average molecular weight is 313 g/mol. The van der Waals surface area contributed by atoms with Gasteiger partial charge in [-0.1, -0.05) is 6.07 Å². The van der Waals surface area contributed by atoms with Crippen LogP contribution in [0.25, 0.3) is 16.7 Å². The number of aliphatic hydroxyl groups is 1. The predicted octanol–water partition coefficient (Wildman–Crippen LogP) is 1.31. The van der Waals surface area contributed by atoms with Gasteiger partial charge in [0, 0.05) is 13.2 Å². The van der Waals surface area contributed by atoms with E-state index < -0.39 is 5.97 Å². The molecule has 23 heavy (non-hydrogen) atoms. The largest absolute Gasteiger partial charge is 0.478 e. The molecule has 1 aromatic carbocycles. The first kappa shape index (κ1) is 14.9. The number of carboxylic acid groups (broad SMARTS) is 1. The molecule has 8 heteroatoms. The zero-order valence-corrected chi connectivity index (χ0v) is 12.2. The summed E-state index contributed by atoms with van der Waals surface area (Å²) in [5.41, 5.74) is 1.37. The predicted molar refractivity (Wildman–Crippen MR) is 83.8 cm³/mol. The summed E-state index contributed by atoms with van der Waals surface area (Å²) < 4.78 is 1.57. The summed E-state index contributed by atoms with van der Waals surface area (Å²) in [6, 6.07) is 6.48. The van der Waals surface area contributed by atoms with Gasteiger partial charge in [-0.15, -0.1) is 0 Å². The van der Waals surface area contributed by atoms with Crippen LogP contribution in [-0.2, 0) is 0 Å². The Bertz CT molecular complexity index is 846. The quantitative estimate of drug-likeness (QED) is 0.588. The SMILES string of the molecule is O=C(O)c1cccc(-n2ncc3c(NCCCO)ncnc32)c1. The molecule has 0 aliphatic carbocycles. The van der Waals surface area contributed by atoms with Crippen LogP contribution < -0.4 is 5.32 Å². The van der Waals surface area contributed by atoms with Gasteiger partial charge in [-0.05, 0) is 24.6 Å². The van der Waals surface area contributed by atoms with Crippen molar-refractivity contribution in [2.24, 2.45) is 0 Å². The maximum absolute atomic E-state index is 11.1. The van der Waals surface area contributed by atoms with Crippen molar-refractivity contribution in [3.63, 3.8) is 0 Å². The highest BCUT2D eigenvalue weighted by atomic mass is 16.4. The molecule has 0 aliphatic rings. The van der Waals surface area contributed by atoms with E-state index in [0.717, 1.165) is 5.39 Å². The van der Waals surface area contributed by atoms with Crippen molar-refractivity contribution >= 4 is 22.8 Å². The van der Waals surface area contributed by atoms with Crippen molar-refractivity contribution in [1.29, 1.82) is 0 Å². The standard InChI is InChI=1S/C15H15N5O3/c21-6-2-5-16-13-12-8-19-20(14(12)18-9-17-13)11-4-1-3-10(7-11)15(22)23/h1,3-4,7-9,21H,2,5-6H2,(H,22,23)(H,16,17,18). The van der Waals surface area contributed by atoms with Gasteiger partial charge < -0.3 is 15.5 Å². The van der Waals surface area contributed by atoms with E-state index in [1.54, 1.807) is 23.0 Å². The van der Waals surface area contributed by atoms with E-state index in [4.69, 9.17) is 10.2 Å². The second-order valence-electron chi connectivity index (χ2n) is 4.88. The van der Waals surface area contributed by atoms with Gasteiger partial charge in [0.2, 0.25) is 0 Å². The van der Waals surface area contributed by atoms with Crippen molar-refractivity contribution in [1.82, 2.24) is 19.7 Å². The van der Waals surface area contributed by atoms with Crippen LogP contribution in [0.1, 0.15) is 16.8 Å². The third-order valence-electron chi connectivity index (χ3n) is 3.33. The molecule has 2 heterocycles. The van der Waals surface area contributed by atoms with Crippen LogP contribution in [-0.4, -0.2) is 49.1 Å². The van der Waals surface area contributed by atoms with Gasteiger partial charge in [0.05, 0.1) is 22.8 Å². The Kier molecular flexibility index (Phi) is 4.15. The summed E-state index contributed by atoms with van der Waals surface area (Å²) in [5.74, 6) is -0.367. The van der Waals surface area contributed by atoms with E-state index in [9.17, 15) is 4.79 Å². The summed E-state index contributed by atoms with van der Waals surface area (Å²) >= 11 is 0. The highest BCUT2D eigenvalue weighted by Gasteiger charge is 2.12. The van der Waals surface area contributed by atoms with E-state index in [1.165, 1.54) is 18.5 Å². The number of aromatic nitrogens is 4. The lowest BCUT2D eigenvalue weighted by Gasteiger charge is -2.06. The van der Waals surface area contributed by atoms with Crippen LogP contribution in [0.4, 0.5) is 5.82 Å². The molecule has 3 N–H and O–H groups in total. The lowest BCUT2D eigenvalue weighted by molar-refractivity contribution is 0.0697. The highest BCUT2D eigenvalue weighted by Crippen LogP contribution is 2.22. The maximum atomic E-state index is 11.1. The van der Waals surface area contributed by atoms with Crippen molar-refractivity contribution < 1.29 is 15.0 Å². The molecule has 0 amide bonds. The van der Waals surface area contributed by atoms with Crippen molar-refractivity contribution in [3.05, 3.63) is 42.4 Å². The molecule has 8 nitrogen and oxygen atoms in total. The lowest BCUT2D eigenvalue weighted by Crippen LogP contribution is -2.06. The van der Waals surface area contributed by atoms with Crippen LogP contribution >= 0.6 is 0 Å². The number of aromatic carboxylic acids is 1. The van der Waals surface area contributed by atoms with E-state index in [1.807, 2.05) is 0 Å². The van der Waals surface area contributed by atoms with E-state index in [2.05, 4.69) is 20.4 Å². The van der Waals surface area contributed by atoms with Crippen LogP contribution in [0.3, 0.4) is 0 Å². The Balaban J connectivity index is 2.01. The third kappa shape index (κ3) is 2.97. The van der Waals surface area contributed by atoms with E-state index in [0.29, 0.717) is 30.1 Å². The fourth-order valence-electron chi connectivity index (χ4n) is 2.23. The number of hydrogen-bond donors (Lipinski definition) is 3. The average Bonchev–Trinajstić information content (AvgIpc) is 3.00. The van der Waals surface area contributed by atoms with Gasteiger partial charge in [-0.3, -0.25) is 0 Å². The molecule has 0 aliphatic heterocycles. The molecule has 0 saturated carbocycles. The van der Waals surface area contributed by atoms with Crippen molar-refractivity contribution in [2.45, 2.75) is 6.42 Å². The fraction of sp³-hybridized carbons (Fsp3) is 0.200. The van der Waals surface area contributed by atoms with Gasteiger partial charge in [0.15, 0.2) is 5.65 Å². The Morgan fingerprint density at radius 3 is 2.96 bits per heavy atom. The molecular formula is C15H15N5O3. The highest BCUT2D eigenvalue weighted by molar-refractivity contribution is 5.89. The summed E-state index contributed by atoms with van der Waals surface area (Å²) in [6.07, 6.45) is 3.66. The topological polar surface area (TPSA) is 113 Å². The number of benzene rings is 1. The number of anilines is 1. The molecule has 3 aromatic rings. The second-order valence-corrected chi connectivity index (χ2v) is 4.88. The van der Waals surface area contributed by atoms with E-state index in [-0.39, 0.29) is 12.2 Å². The first-order valence-corrected chi connectivity index (χ1v) is 7.08. The minimum absolute atomic E-state index is 0.0997. The van der Waals surface area contributed by atoms with Crippen LogP contribution in [0, 0.1) is 0 Å². The molecule has 0 saturated heterocycles. The molecule has 0 radical (unpaired) electrons. The molecule has 0 atom stereocenters. The number of rotatable bonds is 6. The monoisotopic (exact) mass is 313 g/mol.